The molecule has 58 valence electrons. The van der Waals surface area contributed by atoms with Gasteiger partial charge in [-0.1, -0.05) is 0 Å². The molecule has 11 heavy (non-hydrogen) atoms. The third-order valence-corrected chi connectivity index (χ3v) is 1.99. The van der Waals surface area contributed by atoms with Crippen molar-refractivity contribution in [3.63, 3.8) is 0 Å². The zero-order valence-electron chi connectivity index (χ0n) is 6.54. The van der Waals surface area contributed by atoms with Crippen LogP contribution in [-0.2, 0) is 6.42 Å². The van der Waals surface area contributed by atoms with Crippen molar-refractivity contribution in [3.8, 4) is 0 Å². The summed E-state index contributed by atoms with van der Waals surface area (Å²) in [5.41, 5.74) is 5.80. The number of fused-ring (bicyclic) bond motifs is 1. The van der Waals surface area contributed by atoms with Crippen molar-refractivity contribution < 1.29 is 0 Å². The van der Waals surface area contributed by atoms with Crippen molar-refractivity contribution in [2.24, 2.45) is 0 Å². The second kappa shape index (κ2) is 2.51. The van der Waals surface area contributed by atoms with E-state index in [1.807, 2.05) is 24.5 Å². The molecule has 0 aliphatic carbocycles. The van der Waals surface area contributed by atoms with Crippen LogP contribution in [0.5, 0.6) is 0 Å². The molecule has 2 rings (SSSR count). The minimum absolute atomic E-state index is 1.02. The van der Waals surface area contributed by atoms with E-state index in [2.05, 4.69) is 16.5 Å². The van der Waals surface area contributed by atoms with Gasteiger partial charge in [0, 0.05) is 19.8 Å². The van der Waals surface area contributed by atoms with Crippen LogP contribution in [0, 0.1) is 0 Å². The van der Waals surface area contributed by atoms with Gasteiger partial charge in [-0.15, -0.1) is 0 Å². The average molecular weight is 149 g/mol. The summed E-state index contributed by atoms with van der Waals surface area (Å²) in [6.45, 7) is 1.02. The highest BCUT2D eigenvalue weighted by Gasteiger charge is 2.11. The fourth-order valence-electron chi connectivity index (χ4n) is 1.37. The molecular formula is C8H11N3. The highest BCUT2D eigenvalue weighted by atomic mass is 15.5. The van der Waals surface area contributed by atoms with Crippen molar-refractivity contribution in [3.05, 3.63) is 24.0 Å². The first-order chi connectivity index (χ1) is 5.38. The molecule has 3 heteroatoms. The molecule has 0 fully saturated rings. The lowest BCUT2D eigenvalue weighted by Crippen LogP contribution is -2.40. The molecule has 0 unspecified atom stereocenters. The Balaban J connectivity index is 2.44. The summed E-state index contributed by atoms with van der Waals surface area (Å²) in [5, 5.41) is 2.02. The standard InChI is InChI=1S/C8H11N3/c1-11-8-6-9-4-2-7(8)3-5-10-11/h2,4,6,10H,3,5H2,1H3. The highest BCUT2D eigenvalue weighted by molar-refractivity contribution is 5.51. The molecule has 0 amide bonds. The molecule has 3 nitrogen and oxygen atoms in total. The Bertz CT molecular complexity index is 259. The van der Waals surface area contributed by atoms with E-state index in [1.165, 1.54) is 11.3 Å². The third-order valence-electron chi connectivity index (χ3n) is 1.99. The van der Waals surface area contributed by atoms with Crippen LogP contribution in [-0.4, -0.2) is 18.6 Å². The molecule has 0 aromatic carbocycles. The van der Waals surface area contributed by atoms with Gasteiger partial charge < -0.3 is 5.01 Å². The molecule has 0 saturated heterocycles. The van der Waals surface area contributed by atoms with Gasteiger partial charge in [0.15, 0.2) is 0 Å². The number of hydrogen-bond acceptors (Lipinski definition) is 3. The number of anilines is 1. The zero-order chi connectivity index (χ0) is 7.68. The van der Waals surface area contributed by atoms with Gasteiger partial charge in [-0.3, -0.25) is 4.98 Å². The predicted octanol–water partition coefficient (Wildman–Crippen LogP) is 0.578. The molecule has 1 N–H and O–H groups in total. The molecule has 1 aliphatic heterocycles. The van der Waals surface area contributed by atoms with Gasteiger partial charge in [0.1, 0.15) is 0 Å². The van der Waals surface area contributed by atoms with Crippen LogP contribution in [0.3, 0.4) is 0 Å². The number of pyridine rings is 1. The number of hydrogen-bond donors (Lipinski definition) is 1. The van der Waals surface area contributed by atoms with Crippen molar-refractivity contribution >= 4 is 5.69 Å². The number of rotatable bonds is 0. The van der Waals surface area contributed by atoms with E-state index in [4.69, 9.17) is 0 Å². The summed E-state index contributed by atoms with van der Waals surface area (Å²) in [5.74, 6) is 0. The predicted molar refractivity (Wildman–Crippen MR) is 44.3 cm³/mol. The first kappa shape index (κ1) is 6.61. The van der Waals surface area contributed by atoms with Crippen LogP contribution in [0.25, 0.3) is 0 Å². The van der Waals surface area contributed by atoms with Gasteiger partial charge >= 0.3 is 0 Å². The van der Waals surface area contributed by atoms with Gasteiger partial charge in [-0.25, -0.2) is 5.43 Å². The minimum Gasteiger partial charge on any atom is -0.310 e. The van der Waals surface area contributed by atoms with Crippen LogP contribution in [0.15, 0.2) is 18.5 Å². The third kappa shape index (κ3) is 1.07. The van der Waals surface area contributed by atoms with Crippen LogP contribution in [0.1, 0.15) is 5.56 Å². The maximum Gasteiger partial charge on any atom is 0.0732 e. The molecule has 0 spiro atoms. The van der Waals surface area contributed by atoms with Crippen LogP contribution in [0.4, 0.5) is 5.69 Å². The summed E-state index contributed by atoms with van der Waals surface area (Å²) >= 11 is 0. The van der Waals surface area contributed by atoms with E-state index in [9.17, 15) is 0 Å². The van der Waals surface area contributed by atoms with Gasteiger partial charge in [0.05, 0.1) is 11.9 Å². The van der Waals surface area contributed by atoms with Gasteiger partial charge in [-0.05, 0) is 18.1 Å². The number of hydrazine groups is 1. The molecule has 1 aliphatic rings. The van der Waals surface area contributed by atoms with Gasteiger partial charge in [0.25, 0.3) is 0 Å². The van der Waals surface area contributed by atoms with E-state index < -0.39 is 0 Å². The SMILES string of the molecule is CN1NCCc2ccncc21. The Labute approximate surface area is 66.0 Å². The molecular weight excluding hydrogens is 138 g/mol. The first-order valence-electron chi connectivity index (χ1n) is 3.78. The molecule has 0 saturated carbocycles. The summed E-state index contributed by atoms with van der Waals surface area (Å²) in [6, 6.07) is 2.08. The monoisotopic (exact) mass is 149 g/mol. The quantitative estimate of drug-likeness (QED) is 0.584. The van der Waals surface area contributed by atoms with E-state index in [0.29, 0.717) is 0 Å². The maximum absolute atomic E-state index is 4.07. The van der Waals surface area contributed by atoms with Crippen molar-refractivity contribution in [1.29, 1.82) is 0 Å². The van der Waals surface area contributed by atoms with Crippen LogP contribution >= 0.6 is 0 Å². The lowest BCUT2D eigenvalue weighted by atomic mass is 10.1. The fraction of sp³-hybridized carbons (Fsp3) is 0.375. The van der Waals surface area contributed by atoms with Crippen molar-refractivity contribution in [2.75, 3.05) is 18.6 Å². The van der Waals surface area contributed by atoms with Crippen LogP contribution in [0.2, 0.25) is 0 Å². The topological polar surface area (TPSA) is 28.2 Å². The first-order valence-corrected chi connectivity index (χ1v) is 3.78. The Morgan fingerprint density at radius 3 is 3.36 bits per heavy atom. The maximum atomic E-state index is 4.07. The summed E-state index contributed by atoms with van der Waals surface area (Å²) in [6.07, 6.45) is 4.83. The highest BCUT2D eigenvalue weighted by Crippen LogP contribution is 2.19. The van der Waals surface area contributed by atoms with Crippen LogP contribution < -0.4 is 10.4 Å². The average Bonchev–Trinajstić information content (AvgIpc) is 2.06. The molecule has 0 atom stereocenters. The lowest BCUT2D eigenvalue weighted by Gasteiger charge is -2.27. The normalized spacial score (nSPS) is 16.3. The lowest BCUT2D eigenvalue weighted by molar-refractivity contribution is 0.639. The van der Waals surface area contributed by atoms with E-state index >= 15 is 0 Å². The van der Waals surface area contributed by atoms with Gasteiger partial charge in [-0.2, -0.15) is 0 Å². The second-order valence-electron chi connectivity index (χ2n) is 2.72. The minimum atomic E-state index is 1.02. The number of nitrogens with one attached hydrogen (secondary N) is 1. The molecule has 1 aromatic heterocycles. The second-order valence-corrected chi connectivity index (χ2v) is 2.72. The van der Waals surface area contributed by atoms with E-state index in [1.54, 1.807) is 0 Å². The number of aromatic nitrogens is 1. The van der Waals surface area contributed by atoms with E-state index in [-0.39, 0.29) is 0 Å². The van der Waals surface area contributed by atoms with E-state index in [0.717, 1.165) is 13.0 Å². The van der Waals surface area contributed by atoms with Gasteiger partial charge in [0.2, 0.25) is 0 Å². The fourth-order valence-corrected chi connectivity index (χ4v) is 1.37. The Morgan fingerprint density at radius 2 is 2.55 bits per heavy atom. The largest absolute Gasteiger partial charge is 0.310 e. The smallest absolute Gasteiger partial charge is 0.0732 e. The summed E-state index contributed by atoms with van der Waals surface area (Å²) in [4.78, 5) is 4.07. The zero-order valence-corrected chi connectivity index (χ0v) is 6.54. The Morgan fingerprint density at radius 1 is 1.64 bits per heavy atom. The Kier molecular flexibility index (Phi) is 1.51. The number of nitrogens with zero attached hydrogens (tertiary/aromatic N) is 2. The molecule has 1 aromatic rings. The molecule has 2 heterocycles. The summed E-state index contributed by atoms with van der Waals surface area (Å²) < 4.78 is 0. The summed E-state index contributed by atoms with van der Waals surface area (Å²) in [7, 11) is 2.01. The van der Waals surface area contributed by atoms with Crippen molar-refractivity contribution in [2.45, 2.75) is 6.42 Å². The molecule has 0 bridgehead atoms. The van der Waals surface area contributed by atoms with Crippen molar-refractivity contribution in [1.82, 2.24) is 10.4 Å². The Hall–Kier alpha value is -1.09. The molecule has 0 radical (unpaired) electrons.